The van der Waals surface area contributed by atoms with Crippen LogP contribution in [0.25, 0.3) is 0 Å². The van der Waals surface area contributed by atoms with Crippen molar-refractivity contribution >= 4 is 23.8 Å². The van der Waals surface area contributed by atoms with E-state index in [-0.39, 0.29) is 23.9 Å². The molecule has 0 bridgehead atoms. The first-order valence-corrected chi connectivity index (χ1v) is 7.43. The lowest BCUT2D eigenvalue weighted by Gasteiger charge is -2.13. The van der Waals surface area contributed by atoms with Crippen LogP contribution in [0.15, 0.2) is 6.20 Å². The number of aliphatic carboxylic acids is 1. The predicted octanol–water partition coefficient (Wildman–Crippen LogP) is 0.0575. The summed E-state index contributed by atoms with van der Waals surface area (Å²) in [5.74, 6) is -0.987. The molecule has 9 heteroatoms. The van der Waals surface area contributed by atoms with Crippen LogP contribution in [0.5, 0.6) is 0 Å². The smallest absolute Gasteiger partial charge is 0.325 e. The van der Waals surface area contributed by atoms with Gasteiger partial charge in [0.15, 0.2) is 0 Å². The lowest BCUT2D eigenvalue weighted by atomic mass is 10.4. The van der Waals surface area contributed by atoms with Gasteiger partial charge in [0.25, 0.3) is 0 Å². The molecule has 1 saturated carbocycles. The molecule has 0 aromatic carbocycles. The number of carbonyl (C=O) groups excluding carboxylic acids is 1. The number of nitrogens with zero attached hydrogens (tertiary/aromatic N) is 3. The van der Waals surface area contributed by atoms with E-state index >= 15 is 0 Å². The summed E-state index contributed by atoms with van der Waals surface area (Å²) in [7, 11) is 0. The Labute approximate surface area is 120 Å². The molecule has 110 valence electrons. The monoisotopic (exact) mass is 299 g/mol. The van der Waals surface area contributed by atoms with E-state index < -0.39 is 5.97 Å². The zero-order chi connectivity index (χ0) is 14.6. The number of aromatic nitrogens is 3. The summed E-state index contributed by atoms with van der Waals surface area (Å²) >= 11 is 1.78. The molecule has 8 nitrogen and oxygen atoms in total. The van der Waals surface area contributed by atoms with Crippen LogP contribution in [-0.4, -0.2) is 49.6 Å². The molecule has 1 aliphatic rings. The number of carboxylic acids is 1. The summed E-state index contributed by atoms with van der Waals surface area (Å²) in [6.07, 6.45) is 5.82. The van der Waals surface area contributed by atoms with E-state index in [0.717, 1.165) is 12.8 Å². The highest BCUT2D eigenvalue weighted by molar-refractivity contribution is 8.00. The number of urea groups is 1. The van der Waals surface area contributed by atoms with Gasteiger partial charge in [-0.1, -0.05) is 5.21 Å². The molecule has 0 saturated heterocycles. The van der Waals surface area contributed by atoms with Gasteiger partial charge in [0, 0.05) is 11.3 Å². The fourth-order valence-corrected chi connectivity index (χ4v) is 2.43. The molecular weight excluding hydrogens is 282 g/mol. The van der Waals surface area contributed by atoms with E-state index in [9.17, 15) is 9.59 Å². The Kier molecular flexibility index (Phi) is 4.48. The lowest BCUT2D eigenvalue weighted by Crippen LogP contribution is -2.39. The molecule has 1 fully saturated rings. The third-order valence-electron chi connectivity index (χ3n) is 3.13. The highest BCUT2D eigenvalue weighted by atomic mass is 32.2. The quantitative estimate of drug-likeness (QED) is 0.657. The molecular formula is C11H17N5O3S. The van der Waals surface area contributed by atoms with Crippen LogP contribution in [0.3, 0.4) is 0 Å². The van der Waals surface area contributed by atoms with Gasteiger partial charge in [0.05, 0.1) is 12.7 Å². The van der Waals surface area contributed by atoms with Crippen molar-refractivity contribution in [3.05, 3.63) is 11.9 Å². The summed E-state index contributed by atoms with van der Waals surface area (Å²) in [6.45, 7) is 0.638. The summed E-state index contributed by atoms with van der Waals surface area (Å²) in [6, 6.07) is -0.252. The maximum atomic E-state index is 11.6. The van der Waals surface area contributed by atoms with Crippen LogP contribution in [0.2, 0.25) is 0 Å². The van der Waals surface area contributed by atoms with Crippen molar-refractivity contribution in [3.8, 4) is 0 Å². The Hall–Kier alpha value is -1.77. The van der Waals surface area contributed by atoms with Gasteiger partial charge in [-0.15, -0.1) is 5.10 Å². The molecule has 0 unspecified atom stereocenters. The first kappa shape index (κ1) is 14.6. The standard InChI is InChI=1S/C11H17N5O3S/c1-20-11(2-3-11)7-13-10(19)12-4-8-5-16(15-14-8)6-9(17)18/h5H,2-4,6-7H2,1H3,(H,17,18)(H2,12,13,19). The number of nitrogens with one attached hydrogen (secondary N) is 2. The summed E-state index contributed by atoms with van der Waals surface area (Å²) in [4.78, 5) is 22.1. The van der Waals surface area contributed by atoms with Crippen molar-refractivity contribution in [2.45, 2.75) is 30.7 Å². The zero-order valence-corrected chi connectivity index (χ0v) is 11.9. The molecule has 1 heterocycles. The maximum absolute atomic E-state index is 11.6. The predicted molar refractivity (Wildman–Crippen MR) is 73.4 cm³/mol. The number of hydrogen-bond donors (Lipinski definition) is 3. The van der Waals surface area contributed by atoms with E-state index in [1.54, 1.807) is 11.8 Å². The molecule has 0 aliphatic heterocycles. The topological polar surface area (TPSA) is 109 Å². The van der Waals surface area contributed by atoms with Crippen LogP contribution in [0, 0.1) is 0 Å². The van der Waals surface area contributed by atoms with Gasteiger partial charge < -0.3 is 15.7 Å². The SMILES string of the molecule is CSC1(CNC(=O)NCc2cn(CC(=O)O)nn2)CC1. The average Bonchev–Trinajstić information content (AvgIpc) is 3.07. The fourth-order valence-electron chi connectivity index (χ4n) is 1.70. The second kappa shape index (κ2) is 6.12. The molecule has 0 atom stereocenters. The van der Waals surface area contributed by atoms with Crippen LogP contribution < -0.4 is 10.6 Å². The van der Waals surface area contributed by atoms with Crippen molar-refractivity contribution in [1.29, 1.82) is 0 Å². The number of thioether (sulfide) groups is 1. The normalized spacial score (nSPS) is 15.7. The van der Waals surface area contributed by atoms with Gasteiger partial charge in [-0.05, 0) is 19.1 Å². The Balaban J connectivity index is 1.70. The van der Waals surface area contributed by atoms with E-state index in [2.05, 4.69) is 20.9 Å². The largest absolute Gasteiger partial charge is 0.480 e. The van der Waals surface area contributed by atoms with Crippen molar-refractivity contribution < 1.29 is 14.7 Å². The third-order valence-corrected chi connectivity index (χ3v) is 4.54. The molecule has 20 heavy (non-hydrogen) atoms. The van der Waals surface area contributed by atoms with E-state index in [1.165, 1.54) is 10.9 Å². The first-order valence-electron chi connectivity index (χ1n) is 6.21. The van der Waals surface area contributed by atoms with E-state index in [4.69, 9.17) is 5.11 Å². The molecule has 1 aliphatic carbocycles. The number of amides is 2. The molecule has 0 spiro atoms. The highest BCUT2D eigenvalue weighted by Crippen LogP contribution is 2.46. The molecule has 1 aromatic heterocycles. The van der Waals surface area contributed by atoms with E-state index in [1.807, 2.05) is 6.26 Å². The minimum Gasteiger partial charge on any atom is -0.480 e. The number of rotatable bonds is 7. The first-order chi connectivity index (χ1) is 9.53. The van der Waals surface area contributed by atoms with Crippen molar-refractivity contribution in [2.75, 3.05) is 12.8 Å². The van der Waals surface area contributed by atoms with Crippen LogP contribution in [0.1, 0.15) is 18.5 Å². The van der Waals surface area contributed by atoms with Gasteiger partial charge in [-0.25, -0.2) is 9.48 Å². The van der Waals surface area contributed by atoms with E-state index in [0.29, 0.717) is 12.2 Å². The number of carboxylic acid groups (broad SMARTS) is 1. The second-order valence-corrected chi connectivity index (χ2v) is 6.00. The van der Waals surface area contributed by atoms with Gasteiger partial charge in [0.1, 0.15) is 12.2 Å². The summed E-state index contributed by atoms with van der Waals surface area (Å²) in [5.41, 5.74) is 0.521. The van der Waals surface area contributed by atoms with Crippen LogP contribution >= 0.6 is 11.8 Å². The minimum absolute atomic E-state index is 0.220. The second-order valence-electron chi connectivity index (χ2n) is 4.72. The van der Waals surface area contributed by atoms with Crippen molar-refractivity contribution in [1.82, 2.24) is 25.6 Å². The van der Waals surface area contributed by atoms with Crippen molar-refractivity contribution in [3.63, 3.8) is 0 Å². The Morgan fingerprint density at radius 1 is 1.50 bits per heavy atom. The fraction of sp³-hybridized carbons (Fsp3) is 0.636. The Morgan fingerprint density at radius 3 is 2.85 bits per heavy atom. The van der Waals surface area contributed by atoms with Crippen LogP contribution in [0.4, 0.5) is 4.79 Å². The van der Waals surface area contributed by atoms with Crippen molar-refractivity contribution in [2.24, 2.45) is 0 Å². The molecule has 2 rings (SSSR count). The third kappa shape index (κ3) is 4.12. The average molecular weight is 299 g/mol. The summed E-state index contributed by atoms with van der Waals surface area (Å²) < 4.78 is 1.44. The highest BCUT2D eigenvalue weighted by Gasteiger charge is 2.41. The van der Waals surface area contributed by atoms with Gasteiger partial charge in [-0.3, -0.25) is 4.79 Å². The van der Waals surface area contributed by atoms with Gasteiger partial charge in [-0.2, -0.15) is 11.8 Å². The molecule has 0 radical (unpaired) electrons. The van der Waals surface area contributed by atoms with Gasteiger partial charge >= 0.3 is 12.0 Å². The Bertz CT molecular complexity index is 500. The Morgan fingerprint density at radius 2 is 2.25 bits per heavy atom. The van der Waals surface area contributed by atoms with Gasteiger partial charge in [0.2, 0.25) is 0 Å². The molecule has 1 aromatic rings. The lowest BCUT2D eigenvalue weighted by molar-refractivity contribution is -0.137. The minimum atomic E-state index is -0.987. The number of carbonyl (C=O) groups is 2. The maximum Gasteiger partial charge on any atom is 0.325 e. The zero-order valence-electron chi connectivity index (χ0n) is 11.1. The summed E-state index contributed by atoms with van der Waals surface area (Å²) in [5, 5.41) is 21.5. The number of hydrogen-bond acceptors (Lipinski definition) is 5. The molecule has 3 N–H and O–H groups in total. The van der Waals surface area contributed by atoms with Crippen LogP contribution in [-0.2, 0) is 17.9 Å². The molecule has 2 amide bonds.